The van der Waals surface area contributed by atoms with Crippen molar-refractivity contribution in [1.82, 2.24) is 0 Å². The van der Waals surface area contributed by atoms with Gasteiger partial charge in [0.2, 0.25) is 0 Å². The van der Waals surface area contributed by atoms with Gasteiger partial charge < -0.3 is 5.11 Å². The molecule has 1 N–H and O–H groups in total. The molecule has 0 amide bonds. The number of hydrogen-bond donors (Lipinski definition) is 1. The van der Waals surface area contributed by atoms with E-state index in [-0.39, 0.29) is 0 Å². The number of phenols is 1. The summed E-state index contributed by atoms with van der Waals surface area (Å²) in [7, 11) is 0. The monoisotopic (exact) mass is 294 g/mol. The summed E-state index contributed by atoms with van der Waals surface area (Å²) in [6.07, 6.45) is 0. The van der Waals surface area contributed by atoms with Gasteiger partial charge >= 0.3 is 0 Å². The second-order valence-electron chi connectivity index (χ2n) is 5.96. The van der Waals surface area contributed by atoms with Crippen molar-refractivity contribution < 1.29 is 5.11 Å². The van der Waals surface area contributed by atoms with Crippen LogP contribution in [0.5, 0.6) is 5.75 Å². The van der Waals surface area contributed by atoms with Crippen LogP contribution in [0.1, 0.15) is 0 Å². The Morgan fingerprint density at radius 2 is 0.957 bits per heavy atom. The van der Waals surface area contributed by atoms with E-state index in [0.717, 1.165) is 26.9 Å². The van der Waals surface area contributed by atoms with Crippen molar-refractivity contribution in [2.45, 2.75) is 0 Å². The molecule has 0 unspecified atom stereocenters. The fourth-order valence-corrected chi connectivity index (χ4v) is 3.70. The van der Waals surface area contributed by atoms with Gasteiger partial charge in [0.05, 0.1) is 0 Å². The van der Waals surface area contributed by atoms with Gasteiger partial charge in [-0.3, -0.25) is 0 Å². The summed E-state index contributed by atoms with van der Waals surface area (Å²) in [5, 5.41) is 19.7. The molecule has 0 fully saturated rings. The first-order valence-electron chi connectivity index (χ1n) is 7.78. The fourth-order valence-electron chi connectivity index (χ4n) is 3.70. The molecule has 0 spiro atoms. The van der Waals surface area contributed by atoms with E-state index < -0.39 is 0 Å². The first kappa shape index (κ1) is 12.5. The minimum Gasteiger partial charge on any atom is -0.507 e. The van der Waals surface area contributed by atoms with Gasteiger partial charge in [0.25, 0.3) is 0 Å². The third-order valence-electron chi connectivity index (χ3n) is 4.73. The Bertz CT molecular complexity index is 1220. The number of aromatic hydroxyl groups is 1. The predicted octanol–water partition coefficient (Wildman–Crippen LogP) is 6.01. The second-order valence-corrected chi connectivity index (χ2v) is 5.96. The van der Waals surface area contributed by atoms with Crippen LogP contribution in [-0.4, -0.2) is 5.11 Å². The number of hydrogen-bond acceptors (Lipinski definition) is 1. The van der Waals surface area contributed by atoms with Gasteiger partial charge in [-0.2, -0.15) is 0 Å². The topological polar surface area (TPSA) is 20.2 Å². The quantitative estimate of drug-likeness (QED) is 0.274. The summed E-state index contributed by atoms with van der Waals surface area (Å²) < 4.78 is 0. The van der Waals surface area contributed by atoms with Crippen LogP contribution in [0.15, 0.2) is 78.9 Å². The van der Waals surface area contributed by atoms with E-state index in [0.29, 0.717) is 5.75 Å². The maximum atomic E-state index is 11.0. The van der Waals surface area contributed by atoms with Crippen LogP contribution >= 0.6 is 0 Å². The second kappa shape index (κ2) is 4.47. The average molecular weight is 294 g/mol. The maximum absolute atomic E-state index is 11.0. The molecule has 1 nitrogen and oxygen atoms in total. The zero-order chi connectivity index (χ0) is 15.4. The average Bonchev–Trinajstić information content (AvgIpc) is 2.62. The van der Waals surface area contributed by atoms with E-state index in [1.54, 1.807) is 0 Å². The SMILES string of the molecule is Oc1c2ccccc2cc2c3ccccc3c3ccccc3c12. The predicted molar refractivity (Wildman–Crippen MR) is 98.1 cm³/mol. The van der Waals surface area contributed by atoms with Crippen LogP contribution < -0.4 is 0 Å². The van der Waals surface area contributed by atoms with Crippen molar-refractivity contribution in [1.29, 1.82) is 0 Å². The van der Waals surface area contributed by atoms with Crippen molar-refractivity contribution in [3.05, 3.63) is 78.9 Å². The third kappa shape index (κ3) is 1.62. The molecule has 23 heavy (non-hydrogen) atoms. The van der Waals surface area contributed by atoms with Gasteiger partial charge in [0.1, 0.15) is 5.75 Å². The molecule has 0 saturated carbocycles. The van der Waals surface area contributed by atoms with Crippen molar-refractivity contribution in [3.63, 3.8) is 0 Å². The Kier molecular flexibility index (Phi) is 2.42. The number of fused-ring (bicyclic) bond motifs is 7. The highest BCUT2D eigenvalue weighted by Gasteiger charge is 2.13. The molecular formula is C22H14O. The molecule has 5 rings (SSSR count). The lowest BCUT2D eigenvalue weighted by molar-refractivity contribution is 0.488. The smallest absolute Gasteiger partial charge is 0.131 e. The van der Waals surface area contributed by atoms with E-state index in [4.69, 9.17) is 0 Å². The van der Waals surface area contributed by atoms with E-state index in [1.165, 1.54) is 16.2 Å². The minimum absolute atomic E-state index is 0.375. The summed E-state index contributed by atoms with van der Waals surface area (Å²) in [4.78, 5) is 0. The molecule has 0 aliphatic heterocycles. The van der Waals surface area contributed by atoms with Crippen molar-refractivity contribution in [2.24, 2.45) is 0 Å². The maximum Gasteiger partial charge on any atom is 0.131 e. The molecule has 0 aromatic heterocycles. The first-order chi connectivity index (χ1) is 11.3. The first-order valence-corrected chi connectivity index (χ1v) is 7.78. The van der Waals surface area contributed by atoms with Gasteiger partial charge in [0, 0.05) is 10.8 Å². The molecule has 0 aliphatic rings. The molecule has 5 aromatic carbocycles. The van der Waals surface area contributed by atoms with E-state index in [1.807, 2.05) is 24.3 Å². The summed E-state index contributed by atoms with van der Waals surface area (Å²) in [6.45, 7) is 0. The molecule has 1 heteroatoms. The number of benzene rings is 5. The molecule has 108 valence electrons. The molecular weight excluding hydrogens is 280 g/mol. The minimum atomic E-state index is 0.375. The van der Waals surface area contributed by atoms with E-state index >= 15 is 0 Å². The summed E-state index contributed by atoms with van der Waals surface area (Å²) in [5.41, 5.74) is 0. The normalized spacial score (nSPS) is 11.7. The van der Waals surface area contributed by atoms with Crippen LogP contribution in [0.4, 0.5) is 0 Å². The molecule has 0 bridgehead atoms. The van der Waals surface area contributed by atoms with Crippen LogP contribution in [0, 0.1) is 0 Å². The Morgan fingerprint density at radius 3 is 1.65 bits per heavy atom. The van der Waals surface area contributed by atoms with Gasteiger partial charge in [-0.15, -0.1) is 0 Å². The van der Waals surface area contributed by atoms with Crippen molar-refractivity contribution in [3.8, 4) is 5.75 Å². The lowest BCUT2D eigenvalue weighted by Crippen LogP contribution is -1.85. The molecule has 0 atom stereocenters. The van der Waals surface area contributed by atoms with Crippen LogP contribution in [-0.2, 0) is 0 Å². The van der Waals surface area contributed by atoms with Crippen molar-refractivity contribution >= 4 is 43.1 Å². The van der Waals surface area contributed by atoms with E-state index in [2.05, 4.69) is 54.6 Å². The van der Waals surface area contributed by atoms with Gasteiger partial charge in [-0.05, 0) is 38.4 Å². The van der Waals surface area contributed by atoms with E-state index in [9.17, 15) is 5.11 Å². The number of rotatable bonds is 0. The standard InChI is InChI=1S/C22H14O/c23-22-15-8-2-1-7-14(15)13-20-18-11-4-3-9-16(18)17-10-5-6-12-19(17)21(20)22/h1-13,23H. The largest absolute Gasteiger partial charge is 0.507 e. The summed E-state index contributed by atoms with van der Waals surface area (Å²) >= 11 is 0. The highest BCUT2D eigenvalue weighted by Crippen LogP contribution is 2.42. The Hall–Kier alpha value is -3.06. The van der Waals surface area contributed by atoms with Crippen molar-refractivity contribution in [2.75, 3.05) is 0 Å². The molecule has 5 aromatic rings. The Balaban J connectivity index is 2.22. The lowest BCUT2D eigenvalue weighted by Gasteiger charge is -2.13. The zero-order valence-corrected chi connectivity index (χ0v) is 12.5. The molecule has 0 aliphatic carbocycles. The molecule has 0 radical (unpaired) electrons. The fraction of sp³-hybridized carbons (Fsp3) is 0. The Morgan fingerprint density at radius 1 is 0.478 bits per heavy atom. The Labute approximate surface area is 133 Å². The highest BCUT2D eigenvalue weighted by atomic mass is 16.3. The summed E-state index contributed by atoms with van der Waals surface area (Å²) in [6, 6.07) is 26.9. The lowest BCUT2D eigenvalue weighted by atomic mass is 9.91. The molecule has 0 saturated heterocycles. The van der Waals surface area contributed by atoms with Crippen LogP contribution in [0.3, 0.4) is 0 Å². The third-order valence-corrected chi connectivity index (χ3v) is 4.73. The van der Waals surface area contributed by atoms with Crippen LogP contribution in [0.2, 0.25) is 0 Å². The van der Waals surface area contributed by atoms with Crippen LogP contribution in [0.25, 0.3) is 43.1 Å². The van der Waals surface area contributed by atoms with Gasteiger partial charge in [-0.1, -0.05) is 72.8 Å². The molecule has 0 heterocycles. The summed E-state index contributed by atoms with van der Waals surface area (Å²) in [5.74, 6) is 0.375. The zero-order valence-electron chi connectivity index (χ0n) is 12.5. The van der Waals surface area contributed by atoms with Gasteiger partial charge in [-0.25, -0.2) is 0 Å². The number of phenolic OH excluding ortho intramolecular Hbond substituents is 1. The van der Waals surface area contributed by atoms with Gasteiger partial charge in [0.15, 0.2) is 0 Å². The highest BCUT2D eigenvalue weighted by molar-refractivity contribution is 6.29.